The van der Waals surface area contributed by atoms with E-state index in [-0.39, 0.29) is 44.0 Å². The molecule has 0 fully saturated rings. The number of esters is 3. The molecule has 0 aromatic heterocycles. The van der Waals surface area contributed by atoms with E-state index in [1.807, 2.05) is 0 Å². The quantitative estimate of drug-likeness (QED) is 0.0261. The number of carbonyl (C=O) groups is 3. The minimum atomic E-state index is -0.828. The second kappa shape index (κ2) is 65.3. The number of hydrogen-bond acceptors (Lipinski definition) is 6. The molecule has 0 rings (SSSR count). The predicted octanol–water partition coefficient (Wildman–Crippen LogP) is 21.9. The van der Waals surface area contributed by atoms with Gasteiger partial charge in [-0.2, -0.15) is 0 Å². The Kier molecular flexibility index (Phi) is 61.0. The van der Waals surface area contributed by atoms with Crippen LogP contribution in [-0.4, -0.2) is 37.2 Å². The first-order chi connectivity index (χ1) is 39.0. The SMILES string of the molecule is CC/C=C\C/C=C\C/C=C\C/C=C\C/C=C\C/C=C\C/C=C\C/C=C\C/C=C\CCCC(=O)OCC(COC(=O)CCCCCCC/C=C\CCCCCCCC)OC(=O)CCCCCC/C=C\C/C=C\C/C=C\C/C=C\CC. The molecular formula is C73H114O6. The van der Waals surface area contributed by atoms with Gasteiger partial charge in [-0.1, -0.05) is 255 Å². The van der Waals surface area contributed by atoms with Crippen LogP contribution in [0.15, 0.2) is 170 Å². The number of hydrogen-bond donors (Lipinski definition) is 0. The Bertz CT molecular complexity index is 1820. The van der Waals surface area contributed by atoms with Gasteiger partial charge in [0.15, 0.2) is 6.10 Å². The monoisotopic (exact) mass is 1090 g/mol. The van der Waals surface area contributed by atoms with Crippen LogP contribution in [0.25, 0.3) is 0 Å². The van der Waals surface area contributed by atoms with E-state index in [1.54, 1.807) is 0 Å². The van der Waals surface area contributed by atoms with Crippen molar-refractivity contribution in [3.8, 4) is 0 Å². The minimum Gasteiger partial charge on any atom is -0.462 e. The van der Waals surface area contributed by atoms with Gasteiger partial charge in [0.05, 0.1) is 0 Å². The van der Waals surface area contributed by atoms with E-state index in [9.17, 15) is 14.4 Å². The van der Waals surface area contributed by atoms with Gasteiger partial charge in [0.25, 0.3) is 0 Å². The Hall–Kier alpha value is -5.23. The van der Waals surface area contributed by atoms with E-state index >= 15 is 0 Å². The zero-order chi connectivity index (χ0) is 57.1. The lowest BCUT2D eigenvalue weighted by Crippen LogP contribution is -2.30. The standard InChI is InChI=1S/C73H114O6/c1-4-7-10-13-16-19-22-25-28-30-31-32-33-34-35-36-37-38-39-40-41-43-45-48-51-54-57-60-63-66-72(75)78-69-70(68-77-71(74)65-62-59-56-53-50-47-44-27-24-21-18-15-12-9-6-3)79-73(76)67-64-61-58-55-52-49-46-42-29-26-23-20-17-14-11-8-5-2/h7-8,10-11,16-17,19-20,25-29,31-32,34-35,37-38,40-41,44-46,48-49,54,57,70H,4-6,9,12-15,18,21-24,30,33,36,39,42-43,47,50-53,55-56,58-69H2,1-3H3/b10-7-,11-8-,19-16-,20-17-,28-25-,29-26-,32-31-,35-34-,38-37-,41-40-,44-27-,48-45-,49-46-,57-54-. The van der Waals surface area contributed by atoms with Crippen molar-refractivity contribution in [2.24, 2.45) is 0 Å². The largest absolute Gasteiger partial charge is 0.462 e. The van der Waals surface area contributed by atoms with Gasteiger partial charge in [-0.25, -0.2) is 0 Å². The lowest BCUT2D eigenvalue weighted by molar-refractivity contribution is -0.167. The molecule has 0 spiro atoms. The maximum absolute atomic E-state index is 12.9. The van der Waals surface area contributed by atoms with Gasteiger partial charge < -0.3 is 14.2 Å². The van der Waals surface area contributed by atoms with Crippen LogP contribution in [0.1, 0.15) is 252 Å². The number of ether oxygens (including phenoxy) is 3. The maximum Gasteiger partial charge on any atom is 0.306 e. The van der Waals surface area contributed by atoms with Gasteiger partial charge in [-0.05, 0) is 148 Å². The Morgan fingerprint density at radius 2 is 0.506 bits per heavy atom. The minimum absolute atomic E-state index is 0.118. The summed E-state index contributed by atoms with van der Waals surface area (Å²) < 4.78 is 16.8. The molecule has 0 aliphatic carbocycles. The molecule has 0 aromatic carbocycles. The maximum atomic E-state index is 12.9. The summed E-state index contributed by atoms with van der Waals surface area (Å²) in [6.45, 7) is 6.32. The number of unbranched alkanes of at least 4 members (excludes halogenated alkanes) is 16. The van der Waals surface area contributed by atoms with E-state index in [1.165, 1.54) is 51.4 Å². The van der Waals surface area contributed by atoms with Crippen molar-refractivity contribution in [1.82, 2.24) is 0 Å². The first-order valence-corrected chi connectivity index (χ1v) is 31.6. The van der Waals surface area contributed by atoms with Crippen molar-refractivity contribution >= 4 is 17.9 Å². The predicted molar refractivity (Wildman–Crippen MR) is 343 cm³/mol. The van der Waals surface area contributed by atoms with Crippen molar-refractivity contribution in [3.05, 3.63) is 170 Å². The van der Waals surface area contributed by atoms with Crippen molar-refractivity contribution in [2.75, 3.05) is 13.2 Å². The molecule has 0 saturated heterocycles. The molecule has 0 bridgehead atoms. The highest BCUT2D eigenvalue weighted by Gasteiger charge is 2.19. The van der Waals surface area contributed by atoms with E-state index < -0.39 is 6.10 Å². The van der Waals surface area contributed by atoms with Crippen LogP contribution in [0.3, 0.4) is 0 Å². The fourth-order valence-electron chi connectivity index (χ4n) is 8.02. The Labute approximate surface area is 485 Å². The third-order valence-electron chi connectivity index (χ3n) is 12.7. The fourth-order valence-corrected chi connectivity index (χ4v) is 8.02. The fraction of sp³-hybridized carbons (Fsp3) is 0.575. The summed E-state index contributed by atoms with van der Waals surface area (Å²) in [5, 5.41) is 0. The average Bonchev–Trinajstić information content (AvgIpc) is 3.45. The Morgan fingerprint density at radius 1 is 0.266 bits per heavy atom. The van der Waals surface area contributed by atoms with Crippen LogP contribution in [0.4, 0.5) is 0 Å². The average molecular weight is 1090 g/mol. The second-order valence-corrected chi connectivity index (χ2v) is 20.2. The highest BCUT2D eigenvalue weighted by atomic mass is 16.6. The van der Waals surface area contributed by atoms with Crippen molar-refractivity contribution in [3.63, 3.8) is 0 Å². The van der Waals surface area contributed by atoms with E-state index in [0.717, 1.165) is 154 Å². The normalized spacial score (nSPS) is 13.3. The highest BCUT2D eigenvalue weighted by molar-refractivity contribution is 5.71. The summed E-state index contributed by atoms with van der Waals surface area (Å²) in [5.41, 5.74) is 0. The van der Waals surface area contributed by atoms with Crippen LogP contribution in [0, 0.1) is 0 Å². The first-order valence-electron chi connectivity index (χ1n) is 31.6. The Balaban J connectivity index is 4.52. The summed E-state index contributed by atoms with van der Waals surface area (Å²) in [4.78, 5) is 38.3. The topological polar surface area (TPSA) is 78.9 Å². The van der Waals surface area contributed by atoms with Crippen LogP contribution in [0.5, 0.6) is 0 Å². The smallest absolute Gasteiger partial charge is 0.306 e. The zero-order valence-electron chi connectivity index (χ0n) is 50.6. The van der Waals surface area contributed by atoms with Gasteiger partial charge in [-0.3, -0.25) is 14.4 Å². The van der Waals surface area contributed by atoms with E-state index in [4.69, 9.17) is 14.2 Å². The molecule has 1 atom stereocenters. The molecule has 0 amide bonds. The van der Waals surface area contributed by atoms with Gasteiger partial charge >= 0.3 is 17.9 Å². The van der Waals surface area contributed by atoms with Gasteiger partial charge in [0.1, 0.15) is 13.2 Å². The molecular weight excluding hydrogens is 973 g/mol. The number of rotatable bonds is 55. The molecule has 0 N–H and O–H groups in total. The summed E-state index contributed by atoms with van der Waals surface area (Å²) >= 11 is 0. The third-order valence-corrected chi connectivity index (χ3v) is 12.7. The molecule has 6 heteroatoms. The molecule has 442 valence electrons. The first kappa shape index (κ1) is 73.8. The lowest BCUT2D eigenvalue weighted by atomic mass is 10.1. The van der Waals surface area contributed by atoms with Crippen molar-refractivity contribution in [2.45, 2.75) is 258 Å². The summed E-state index contributed by atoms with van der Waals surface area (Å²) in [7, 11) is 0. The molecule has 0 heterocycles. The van der Waals surface area contributed by atoms with Gasteiger partial charge in [0, 0.05) is 19.3 Å². The molecule has 0 aliphatic heterocycles. The molecule has 1 unspecified atom stereocenters. The van der Waals surface area contributed by atoms with Gasteiger partial charge in [-0.15, -0.1) is 0 Å². The summed E-state index contributed by atoms with van der Waals surface area (Å²) in [6.07, 6.45) is 96.4. The Morgan fingerprint density at radius 3 is 0.835 bits per heavy atom. The molecule has 0 radical (unpaired) electrons. The lowest BCUT2D eigenvalue weighted by Gasteiger charge is -2.18. The molecule has 0 aliphatic rings. The van der Waals surface area contributed by atoms with E-state index in [0.29, 0.717) is 12.8 Å². The van der Waals surface area contributed by atoms with Crippen LogP contribution in [-0.2, 0) is 28.6 Å². The molecule has 79 heavy (non-hydrogen) atoms. The summed E-state index contributed by atoms with van der Waals surface area (Å²) in [5.74, 6) is -1.02. The molecule has 0 aromatic rings. The zero-order valence-corrected chi connectivity index (χ0v) is 50.6. The van der Waals surface area contributed by atoms with Crippen LogP contribution >= 0.6 is 0 Å². The molecule has 0 saturated carbocycles. The highest BCUT2D eigenvalue weighted by Crippen LogP contribution is 2.13. The van der Waals surface area contributed by atoms with Gasteiger partial charge in [0.2, 0.25) is 0 Å². The number of allylic oxidation sites excluding steroid dienone is 28. The summed E-state index contributed by atoms with van der Waals surface area (Å²) in [6, 6.07) is 0. The number of carbonyl (C=O) groups excluding carboxylic acids is 3. The van der Waals surface area contributed by atoms with E-state index in [2.05, 4.69) is 191 Å². The second-order valence-electron chi connectivity index (χ2n) is 20.2. The van der Waals surface area contributed by atoms with Crippen LogP contribution in [0.2, 0.25) is 0 Å². The van der Waals surface area contributed by atoms with Crippen LogP contribution < -0.4 is 0 Å². The van der Waals surface area contributed by atoms with Crippen molar-refractivity contribution < 1.29 is 28.6 Å². The van der Waals surface area contributed by atoms with Crippen molar-refractivity contribution in [1.29, 1.82) is 0 Å². The third kappa shape index (κ3) is 63.5. The molecule has 6 nitrogen and oxygen atoms in total.